The zero-order valence-corrected chi connectivity index (χ0v) is 10.4. The molecule has 2 fully saturated rings. The van der Waals surface area contributed by atoms with Gasteiger partial charge in [0, 0.05) is 19.1 Å². The number of carbonyl (C=O) groups is 1. The molecule has 1 unspecified atom stereocenters. The fourth-order valence-electron chi connectivity index (χ4n) is 2.58. The Morgan fingerprint density at radius 3 is 2.71 bits per heavy atom. The number of ether oxygens (including phenoxy) is 1. The van der Waals surface area contributed by atoms with Gasteiger partial charge in [0.2, 0.25) is 5.91 Å². The van der Waals surface area contributed by atoms with E-state index in [2.05, 4.69) is 5.32 Å². The molecule has 0 aromatic carbocycles. The summed E-state index contributed by atoms with van der Waals surface area (Å²) in [7, 11) is 0. The zero-order chi connectivity index (χ0) is 12.3. The lowest BCUT2D eigenvalue weighted by molar-refractivity contribution is -0.137. The number of rotatable bonds is 3. The lowest BCUT2D eigenvalue weighted by Crippen LogP contribution is -2.52. The summed E-state index contributed by atoms with van der Waals surface area (Å²) >= 11 is 0. The van der Waals surface area contributed by atoms with Crippen molar-refractivity contribution in [1.29, 1.82) is 0 Å². The molecule has 98 valence electrons. The molecule has 2 rings (SSSR count). The third-order valence-electron chi connectivity index (χ3n) is 3.64. The average molecular weight is 242 g/mol. The fraction of sp³-hybridized carbons (Fsp3) is 0.917. The predicted molar refractivity (Wildman–Crippen MR) is 63.6 cm³/mol. The number of aliphatic hydroxyl groups is 1. The second-order valence-electron chi connectivity index (χ2n) is 4.93. The van der Waals surface area contributed by atoms with Crippen LogP contribution in [-0.2, 0) is 9.53 Å². The second-order valence-corrected chi connectivity index (χ2v) is 4.93. The molecule has 0 aromatic rings. The Labute approximate surface area is 102 Å². The molecule has 0 spiro atoms. The van der Waals surface area contributed by atoms with E-state index >= 15 is 0 Å². The quantitative estimate of drug-likeness (QED) is 0.715. The van der Waals surface area contributed by atoms with Gasteiger partial charge >= 0.3 is 0 Å². The third-order valence-corrected chi connectivity index (χ3v) is 3.64. The van der Waals surface area contributed by atoms with Crippen molar-refractivity contribution >= 4 is 5.91 Å². The number of carbonyl (C=O) groups excluding carboxylic acids is 1. The van der Waals surface area contributed by atoms with E-state index in [-0.39, 0.29) is 24.1 Å². The highest BCUT2D eigenvalue weighted by Crippen LogP contribution is 2.19. The van der Waals surface area contributed by atoms with Crippen LogP contribution in [0.1, 0.15) is 26.2 Å². The molecule has 1 amide bonds. The number of aliphatic hydroxyl groups excluding tert-OH is 1. The van der Waals surface area contributed by atoms with Crippen LogP contribution in [0, 0.1) is 0 Å². The molecule has 1 aliphatic carbocycles. The van der Waals surface area contributed by atoms with Crippen molar-refractivity contribution in [2.45, 2.75) is 44.4 Å². The minimum atomic E-state index is -0.296. The lowest BCUT2D eigenvalue weighted by atomic mass is 10.1. The summed E-state index contributed by atoms with van der Waals surface area (Å²) in [6.45, 7) is 4.49. The summed E-state index contributed by atoms with van der Waals surface area (Å²) in [6.07, 6.45) is 2.55. The van der Waals surface area contributed by atoms with Gasteiger partial charge in [0.1, 0.15) is 0 Å². The van der Waals surface area contributed by atoms with Crippen LogP contribution in [0.3, 0.4) is 0 Å². The van der Waals surface area contributed by atoms with Crippen molar-refractivity contribution in [2.24, 2.45) is 0 Å². The summed E-state index contributed by atoms with van der Waals surface area (Å²) in [5, 5.41) is 13.0. The van der Waals surface area contributed by atoms with Gasteiger partial charge in [0.25, 0.3) is 0 Å². The number of hydrogen-bond donors (Lipinski definition) is 2. The van der Waals surface area contributed by atoms with Gasteiger partial charge < -0.3 is 20.1 Å². The first-order chi connectivity index (χ1) is 8.18. The van der Waals surface area contributed by atoms with Crippen molar-refractivity contribution in [2.75, 3.05) is 26.3 Å². The second kappa shape index (κ2) is 5.80. The summed E-state index contributed by atoms with van der Waals surface area (Å²) in [5.74, 6) is 0.118. The van der Waals surface area contributed by atoms with Gasteiger partial charge in [-0.15, -0.1) is 0 Å². The van der Waals surface area contributed by atoms with Crippen LogP contribution >= 0.6 is 0 Å². The molecule has 1 aliphatic heterocycles. The van der Waals surface area contributed by atoms with Crippen molar-refractivity contribution < 1.29 is 14.6 Å². The Bertz CT molecular complexity index is 266. The maximum Gasteiger partial charge on any atom is 0.239 e. The normalized spacial score (nSPS) is 31.5. The van der Waals surface area contributed by atoms with Crippen LogP contribution in [0.2, 0.25) is 0 Å². The van der Waals surface area contributed by atoms with Crippen LogP contribution in [0.4, 0.5) is 0 Å². The highest BCUT2D eigenvalue weighted by atomic mass is 16.5. The zero-order valence-electron chi connectivity index (χ0n) is 10.4. The number of nitrogens with one attached hydrogen (secondary N) is 1. The lowest BCUT2D eigenvalue weighted by Gasteiger charge is -2.31. The summed E-state index contributed by atoms with van der Waals surface area (Å²) in [4.78, 5) is 14.0. The first-order valence-corrected chi connectivity index (χ1v) is 6.49. The molecule has 3 atom stereocenters. The molecule has 1 heterocycles. The van der Waals surface area contributed by atoms with Gasteiger partial charge in [-0.1, -0.05) is 0 Å². The average Bonchev–Trinajstić information content (AvgIpc) is 2.75. The Morgan fingerprint density at radius 2 is 2.12 bits per heavy atom. The van der Waals surface area contributed by atoms with E-state index in [0.29, 0.717) is 26.3 Å². The fourth-order valence-corrected chi connectivity index (χ4v) is 2.58. The van der Waals surface area contributed by atoms with Crippen molar-refractivity contribution in [1.82, 2.24) is 10.2 Å². The van der Waals surface area contributed by atoms with Crippen LogP contribution in [-0.4, -0.2) is 60.4 Å². The maximum atomic E-state index is 12.1. The molecular formula is C12H22N2O3. The molecule has 2 N–H and O–H groups in total. The number of amides is 1. The molecule has 0 aromatic heterocycles. The first kappa shape index (κ1) is 12.8. The first-order valence-electron chi connectivity index (χ1n) is 6.49. The van der Waals surface area contributed by atoms with Crippen molar-refractivity contribution in [3.63, 3.8) is 0 Å². The Hall–Kier alpha value is -0.650. The minimum absolute atomic E-state index is 0.0787. The molecule has 1 saturated carbocycles. The number of nitrogens with zero attached hydrogens (tertiary/aromatic N) is 1. The van der Waals surface area contributed by atoms with Gasteiger partial charge in [0.05, 0.1) is 25.4 Å². The molecule has 5 nitrogen and oxygen atoms in total. The van der Waals surface area contributed by atoms with Gasteiger partial charge in [-0.05, 0) is 26.2 Å². The molecular weight excluding hydrogens is 220 g/mol. The predicted octanol–water partition coefficient (Wildman–Crippen LogP) is -0.263. The minimum Gasteiger partial charge on any atom is -0.392 e. The molecule has 5 heteroatoms. The van der Waals surface area contributed by atoms with Crippen molar-refractivity contribution in [3.05, 3.63) is 0 Å². The SMILES string of the molecule is CC(N[C@@H]1CCC[C@H]1O)C(=O)N1CCOCC1. The number of morpholine rings is 1. The van der Waals surface area contributed by atoms with Gasteiger partial charge in [-0.25, -0.2) is 0 Å². The Balaban J connectivity index is 1.81. The molecule has 17 heavy (non-hydrogen) atoms. The summed E-state index contributed by atoms with van der Waals surface area (Å²) in [6, 6.07) is -0.138. The Morgan fingerprint density at radius 1 is 1.41 bits per heavy atom. The van der Waals surface area contributed by atoms with Crippen LogP contribution in [0.15, 0.2) is 0 Å². The van der Waals surface area contributed by atoms with Gasteiger partial charge in [0.15, 0.2) is 0 Å². The summed E-state index contributed by atoms with van der Waals surface area (Å²) < 4.78 is 5.23. The molecule has 0 radical (unpaired) electrons. The van der Waals surface area contributed by atoms with Crippen LogP contribution < -0.4 is 5.32 Å². The van der Waals surface area contributed by atoms with E-state index in [0.717, 1.165) is 19.3 Å². The van der Waals surface area contributed by atoms with Crippen LogP contribution in [0.5, 0.6) is 0 Å². The molecule has 1 saturated heterocycles. The highest BCUT2D eigenvalue weighted by molar-refractivity contribution is 5.81. The van der Waals surface area contributed by atoms with E-state index in [9.17, 15) is 9.90 Å². The van der Waals surface area contributed by atoms with E-state index in [1.165, 1.54) is 0 Å². The maximum absolute atomic E-state index is 12.1. The van der Waals surface area contributed by atoms with Gasteiger partial charge in [-0.2, -0.15) is 0 Å². The largest absolute Gasteiger partial charge is 0.392 e. The topological polar surface area (TPSA) is 61.8 Å². The van der Waals surface area contributed by atoms with Crippen molar-refractivity contribution in [3.8, 4) is 0 Å². The summed E-state index contributed by atoms with van der Waals surface area (Å²) in [5.41, 5.74) is 0. The molecule has 2 aliphatic rings. The van der Waals surface area contributed by atoms with E-state index < -0.39 is 0 Å². The van der Waals surface area contributed by atoms with E-state index in [4.69, 9.17) is 4.74 Å². The standard InChI is InChI=1S/C12H22N2O3/c1-9(13-10-3-2-4-11(10)15)12(16)14-5-7-17-8-6-14/h9-11,13,15H,2-8H2,1H3/t9?,10-,11-/m1/s1. The van der Waals surface area contributed by atoms with E-state index in [1.54, 1.807) is 0 Å². The smallest absolute Gasteiger partial charge is 0.239 e. The highest BCUT2D eigenvalue weighted by Gasteiger charge is 2.29. The Kier molecular flexibility index (Phi) is 4.36. The number of hydrogen-bond acceptors (Lipinski definition) is 4. The monoisotopic (exact) mass is 242 g/mol. The third kappa shape index (κ3) is 3.18. The van der Waals surface area contributed by atoms with E-state index in [1.807, 2.05) is 11.8 Å². The van der Waals surface area contributed by atoms with Gasteiger partial charge in [-0.3, -0.25) is 4.79 Å². The van der Waals surface area contributed by atoms with Crippen LogP contribution in [0.25, 0.3) is 0 Å². The molecule has 0 bridgehead atoms.